The van der Waals surface area contributed by atoms with E-state index in [9.17, 15) is 22.0 Å². The molecule has 0 saturated carbocycles. The van der Waals surface area contributed by atoms with Gasteiger partial charge in [0.15, 0.2) is 5.13 Å². The zero-order chi connectivity index (χ0) is 28.3. The van der Waals surface area contributed by atoms with Crippen molar-refractivity contribution in [1.29, 1.82) is 0 Å². The molecule has 0 amide bonds. The molecule has 14 heteroatoms. The maximum atomic E-state index is 14.1. The normalized spacial score (nSPS) is 15.8. The van der Waals surface area contributed by atoms with Crippen LogP contribution in [-0.2, 0) is 10.0 Å². The van der Waals surface area contributed by atoms with E-state index in [1.54, 1.807) is 6.07 Å². The topological polar surface area (TPSA) is 131 Å². The number of nitrogens with one attached hydrogen (secondary N) is 1. The Labute approximate surface area is 229 Å². The van der Waals surface area contributed by atoms with Crippen LogP contribution in [0.15, 0.2) is 41.4 Å². The lowest BCUT2D eigenvalue weighted by molar-refractivity contribution is 0.103. The third-order valence-electron chi connectivity index (χ3n) is 6.12. The van der Waals surface area contributed by atoms with Crippen molar-refractivity contribution in [2.75, 3.05) is 44.8 Å². The quantitative estimate of drug-likeness (QED) is 0.347. The molecule has 10 nitrogen and oxygen atoms in total. The third kappa shape index (κ3) is 6.69. The first-order valence-corrected chi connectivity index (χ1v) is 14.5. The van der Waals surface area contributed by atoms with Crippen molar-refractivity contribution in [3.8, 4) is 5.88 Å². The van der Waals surface area contributed by atoms with Gasteiger partial charge in [-0.2, -0.15) is 4.31 Å². The van der Waals surface area contributed by atoms with Gasteiger partial charge in [-0.15, -0.1) is 0 Å². The van der Waals surface area contributed by atoms with E-state index < -0.39 is 33.0 Å². The molecule has 1 fully saturated rings. The molecule has 1 atom stereocenters. The molecule has 3 N–H and O–H groups in total. The minimum Gasteiger partial charge on any atom is -0.473 e. The number of ether oxygens (including phenoxy) is 1. The molecule has 1 aromatic carbocycles. The summed E-state index contributed by atoms with van der Waals surface area (Å²) in [6, 6.07) is 6.07. The van der Waals surface area contributed by atoms with Crippen molar-refractivity contribution >= 4 is 38.1 Å². The van der Waals surface area contributed by atoms with Crippen LogP contribution in [0.3, 0.4) is 0 Å². The molecule has 1 aliphatic heterocycles. The molecule has 1 aliphatic rings. The van der Waals surface area contributed by atoms with E-state index in [0.717, 1.165) is 23.5 Å². The summed E-state index contributed by atoms with van der Waals surface area (Å²) in [6.07, 6.45) is 2.14. The summed E-state index contributed by atoms with van der Waals surface area (Å²) in [7, 11) is 0.122. The third-order valence-corrected chi connectivity index (χ3v) is 9.01. The van der Waals surface area contributed by atoms with Crippen molar-refractivity contribution in [2.24, 2.45) is 0 Å². The van der Waals surface area contributed by atoms with Crippen LogP contribution in [0, 0.1) is 11.6 Å². The lowest BCUT2D eigenvalue weighted by atomic mass is 10.1. The maximum absolute atomic E-state index is 14.1. The minimum atomic E-state index is -3.74. The number of carbonyl (C=O) groups is 1. The van der Waals surface area contributed by atoms with Gasteiger partial charge in [0.1, 0.15) is 33.3 Å². The first-order valence-electron chi connectivity index (χ1n) is 12.2. The Kier molecular flexibility index (Phi) is 8.79. The molecular weight excluding hydrogens is 550 g/mol. The summed E-state index contributed by atoms with van der Waals surface area (Å²) in [4.78, 5) is 23.0. The second-order valence-electron chi connectivity index (χ2n) is 9.50. The van der Waals surface area contributed by atoms with E-state index in [-0.39, 0.29) is 40.8 Å². The second-order valence-corrected chi connectivity index (χ2v) is 12.4. The molecule has 0 radical (unpaired) electrons. The molecule has 1 unspecified atom stereocenters. The highest BCUT2D eigenvalue weighted by Gasteiger charge is 2.31. The molecule has 0 spiro atoms. The zero-order valence-corrected chi connectivity index (χ0v) is 23.4. The van der Waals surface area contributed by atoms with Crippen LogP contribution < -0.4 is 15.8 Å². The average molecular weight is 581 g/mol. The highest BCUT2D eigenvalue weighted by Crippen LogP contribution is 2.31. The number of sulfonamides is 1. The number of aromatic nitrogens is 2. The van der Waals surface area contributed by atoms with E-state index >= 15 is 0 Å². The van der Waals surface area contributed by atoms with Gasteiger partial charge >= 0.3 is 0 Å². The number of likely N-dealkylation sites (N-methyl/N-ethyl adjacent to an activating group) is 1. The van der Waals surface area contributed by atoms with E-state index in [2.05, 4.69) is 15.3 Å². The predicted molar refractivity (Wildman–Crippen MR) is 145 cm³/mol. The first-order chi connectivity index (χ1) is 18.5. The number of hydrogen-bond donors (Lipinski definition) is 2. The van der Waals surface area contributed by atoms with Crippen molar-refractivity contribution in [1.82, 2.24) is 19.2 Å². The molecule has 0 aliphatic carbocycles. The number of benzene rings is 1. The molecular formula is C25H30F2N6O4S2. The van der Waals surface area contributed by atoms with Gasteiger partial charge in [-0.3, -0.25) is 4.79 Å². The van der Waals surface area contributed by atoms with Gasteiger partial charge in [0.25, 0.3) is 0 Å². The molecule has 39 heavy (non-hydrogen) atoms. The zero-order valence-electron chi connectivity index (χ0n) is 21.7. The highest BCUT2D eigenvalue weighted by molar-refractivity contribution is 7.89. The summed E-state index contributed by atoms with van der Waals surface area (Å²) in [5.74, 6) is -2.62. The molecule has 4 rings (SSSR count). The molecule has 3 heterocycles. The Morgan fingerprint density at radius 2 is 1.90 bits per heavy atom. The molecule has 2 aromatic heterocycles. The number of pyridine rings is 1. The Balaban J connectivity index is 1.36. The number of halogens is 2. The summed E-state index contributed by atoms with van der Waals surface area (Å²) in [5, 5.41) is 3.48. The van der Waals surface area contributed by atoms with Gasteiger partial charge in [0.05, 0.1) is 11.8 Å². The van der Waals surface area contributed by atoms with Crippen LogP contribution in [-0.4, -0.2) is 79.2 Å². The van der Waals surface area contributed by atoms with Crippen LogP contribution in [0.5, 0.6) is 5.88 Å². The number of ketones is 1. The van der Waals surface area contributed by atoms with Crippen LogP contribution >= 0.6 is 11.3 Å². The van der Waals surface area contributed by atoms with Gasteiger partial charge in [-0.25, -0.2) is 27.2 Å². The fourth-order valence-electron chi connectivity index (χ4n) is 4.30. The highest BCUT2D eigenvalue weighted by atomic mass is 32.2. The van der Waals surface area contributed by atoms with Crippen molar-refractivity contribution < 1.29 is 26.7 Å². The van der Waals surface area contributed by atoms with Crippen LogP contribution in [0.2, 0.25) is 0 Å². The monoisotopic (exact) mass is 580 g/mol. The Morgan fingerprint density at radius 1 is 1.23 bits per heavy atom. The maximum Gasteiger partial charge on any atom is 0.244 e. The molecule has 210 valence electrons. The fraction of sp³-hybridized carbons (Fsp3) is 0.400. The lowest BCUT2D eigenvalue weighted by Gasteiger charge is -2.31. The Hall–Kier alpha value is -3.20. The number of piperidine rings is 1. The van der Waals surface area contributed by atoms with Gasteiger partial charge in [0.2, 0.25) is 21.7 Å². The summed E-state index contributed by atoms with van der Waals surface area (Å²) in [5.41, 5.74) is 5.19. The van der Waals surface area contributed by atoms with Crippen LogP contribution in [0.25, 0.3) is 0 Å². The largest absolute Gasteiger partial charge is 0.473 e. The summed E-state index contributed by atoms with van der Waals surface area (Å²) < 4.78 is 61.5. The number of hydrogen-bond acceptors (Lipinski definition) is 10. The van der Waals surface area contributed by atoms with Gasteiger partial charge in [-0.05, 0) is 52.1 Å². The Bertz CT molecular complexity index is 1400. The second kappa shape index (κ2) is 11.9. The van der Waals surface area contributed by atoms with E-state index in [0.29, 0.717) is 30.4 Å². The van der Waals surface area contributed by atoms with Crippen LogP contribution in [0.1, 0.15) is 35.0 Å². The standard InChI is InChI=1S/C25H30F2N6O4S2/c1-15(14-32(2)3)37-20-8-7-17(13-29-20)39(35,36)33-11-9-16(10-12-33)30-25-31-24(28)23(38-25)22(34)21-18(26)5-4-6-19(21)27/h4-8,13,15-16H,9-12,14,28H2,1-3H3,(H,30,31). The SMILES string of the molecule is CC(CN(C)C)Oc1ccc(S(=O)(=O)N2CCC(Nc3nc(N)c(C(=O)c4c(F)cccc4F)s3)CC2)cn1. The molecule has 1 saturated heterocycles. The first kappa shape index (κ1) is 28.8. The number of carbonyl (C=O) groups excluding carboxylic acids is 1. The fourth-order valence-corrected chi connectivity index (χ4v) is 6.62. The number of anilines is 2. The molecule has 0 bridgehead atoms. The predicted octanol–water partition coefficient (Wildman–Crippen LogP) is 3.22. The van der Waals surface area contributed by atoms with Crippen LogP contribution in [0.4, 0.5) is 19.7 Å². The van der Waals surface area contributed by atoms with Gasteiger partial charge in [-0.1, -0.05) is 17.4 Å². The van der Waals surface area contributed by atoms with E-state index in [4.69, 9.17) is 10.5 Å². The number of nitrogen functional groups attached to an aromatic ring is 1. The minimum absolute atomic E-state index is 0.0717. The van der Waals surface area contributed by atoms with Crippen molar-refractivity contribution in [3.05, 3.63) is 58.6 Å². The molecule has 3 aromatic rings. The Morgan fingerprint density at radius 3 is 2.49 bits per heavy atom. The lowest BCUT2D eigenvalue weighted by Crippen LogP contribution is -2.42. The van der Waals surface area contributed by atoms with Crippen molar-refractivity contribution in [2.45, 2.75) is 36.8 Å². The summed E-state index contributed by atoms with van der Waals surface area (Å²) >= 11 is 0.900. The summed E-state index contributed by atoms with van der Waals surface area (Å²) in [6.45, 7) is 3.11. The van der Waals surface area contributed by atoms with E-state index in [1.807, 2.05) is 25.9 Å². The number of rotatable bonds is 10. The van der Waals surface area contributed by atoms with Gasteiger partial charge < -0.3 is 20.7 Å². The van der Waals surface area contributed by atoms with Crippen molar-refractivity contribution in [3.63, 3.8) is 0 Å². The van der Waals surface area contributed by atoms with Gasteiger partial charge in [0, 0.05) is 31.7 Å². The average Bonchev–Trinajstić information content (AvgIpc) is 3.23. The van der Waals surface area contributed by atoms with E-state index in [1.165, 1.54) is 22.6 Å². The number of nitrogens with two attached hydrogens (primary N) is 1. The number of nitrogens with zero attached hydrogens (tertiary/aromatic N) is 4. The smallest absolute Gasteiger partial charge is 0.244 e. The number of thiazole rings is 1.